The molecule has 122 valence electrons. The van der Waals surface area contributed by atoms with Gasteiger partial charge in [0.15, 0.2) is 5.82 Å². The largest absolute Gasteiger partial charge is 0.496 e. The van der Waals surface area contributed by atoms with Crippen molar-refractivity contribution in [3.05, 3.63) is 36.2 Å². The summed E-state index contributed by atoms with van der Waals surface area (Å²) in [6, 6.07) is 5.89. The summed E-state index contributed by atoms with van der Waals surface area (Å²) in [6.45, 7) is 2.49. The van der Waals surface area contributed by atoms with Crippen LogP contribution in [0.3, 0.4) is 0 Å². The maximum atomic E-state index is 5.53. The van der Waals surface area contributed by atoms with Crippen molar-refractivity contribution in [1.82, 2.24) is 24.7 Å². The molecule has 1 aliphatic heterocycles. The van der Waals surface area contributed by atoms with Gasteiger partial charge in [-0.2, -0.15) is 0 Å². The van der Waals surface area contributed by atoms with Crippen LogP contribution in [0.25, 0.3) is 10.9 Å². The van der Waals surface area contributed by atoms with Gasteiger partial charge in [-0.1, -0.05) is 6.07 Å². The Bertz CT molecular complexity index is 911. The minimum Gasteiger partial charge on any atom is -0.496 e. The van der Waals surface area contributed by atoms with Crippen LogP contribution in [0.15, 0.2) is 24.5 Å². The first kappa shape index (κ1) is 13.7. The van der Waals surface area contributed by atoms with Crippen LogP contribution in [-0.2, 0) is 13.1 Å². The summed E-state index contributed by atoms with van der Waals surface area (Å²) in [4.78, 5) is 11.2. The molecule has 2 aliphatic rings. The predicted octanol–water partition coefficient (Wildman–Crippen LogP) is 2.13. The van der Waals surface area contributed by atoms with Crippen LogP contribution in [0.2, 0.25) is 0 Å². The summed E-state index contributed by atoms with van der Waals surface area (Å²) in [6.07, 6.45) is 4.11. The van der Waals surface area contributed by atoms with Crippen molar-refractivity contribution >= 4 is 16.7 Å². The molecule has 0 bridgehead atoms. The molecule has 0 radical (unpaired) electrons. The van der Waals surface area contributed by atoms with Gasteiger partial charge in [-0.05, 0) is 25.0 Å². The van der Waals surface area contributed by atoms with Crippen LogP contribution in [0, 0.1) is 0 Å². The van der Waals surface area contributed by atoms with Crippen molar-refractivity contribution in [3.8, 4) is 5.75 Å². The highest BCUT2D eigenvalue weighted by Crippen LogP contribution is 2.40. The van der Waals surface area contributed by atoms with E-state index in [1.54, 1.807) is 13.4 Å². The number of ether oxygens (including phenoxy) is 1. The molecule has 3 aromatic rings. The van der Waals surface area contributed by atoms with E-state index in [4.69, 9.17) is 4.74 Å². The molecule has 1 saturated carbocycles. The molecule has 7 nitrogen and oxygen atoms in total. The lowest BCUT2D eigenvalue weighted by Gasteiger charge is -2.29. The van der Waals surface area contributed by atoms with Crippen LogP contribution >= 0.6 is 0 Å². The molecule has 24 heavy (non-hydrogen) atoms. The van der Waals surface area contributed by atoms with E-state index in [1.165, 1.54) is 12.8 Å². The number of benzene rings is 1. The van der Waals surface area contributed by atoms with Gasteiger partial charge in [0.2, 0.25) is 0 Å². The maximum Gasteiger partial charge on any atom is 0.152 e. The third kappa shape index (κ3) is 2.04. The lowest BCUT2D eigenvalue weighted by atomic mass is 10.2. The molecule has 3 heterocycles. The quantitative estimate of drug-likeness (QED) is 0.736. The van der Waals surface area contributed by atoms with Crippen molar-refractivity contribution in [3.63, 3.8) is 0 Å². The summed E-state index contributed by atoms with van der Waals surface area (Å²) >= 11 is 0. The van der Waals surface area contributed by atoms with E-state index >= 15 is 0 Å². The molecule has 0 amide bonds. The van der Waals surface area contributed by atoms with Gasteiger partial charge in [0.1, 0.15) is 23.7 Å². The van der Waals surface area contributed by atoms with Crippen LogP contribution < -0.4 is 9.64 Å². The Morgan fingerprint density at radius 1 is 1.12 bits per heavy atom. The normalized spacial score (nSPS) is 17.1. The number of methoxy groups -OCH3 is 1. The summed E-state index contributed by atoms with van der Waals surface area (Å²) < 4.78 is 7.82. The van der Waals surface area contributed by atoms with Gasteiger partial charge in [-0.15, -0.1) is 10.2 Å². The van der Waals surface area contributed by atoms with Crippen molar-refractivity contribution in [1.29, 1.82) is 0 Å². The van der Waals surface area contributed by atoms with Gasteiger partial charge in [0.25, 0.3) is 0 Å². The van der Waals surface area contributed by atoms with Gasteiger partial charge in [-0.3, -0.25) is 0 Å². The fourth-order valence-corrected chi connectivity index (χ4v) is 3.48. The van der Waals surface area contributed by atoms with Gasteiger partial charge >= 0.3 is 0 Å². The van der Waals surface area contributed by atoms with E-state index < -0.39 is 0 Å². The van der Waals surface area contributed by atoms with E-state index in [2.05, 4.69) is 29.6 Å². The predicted molar refractivity (Wildman–Crippen MR) is 89.1 cm³/mol. The van der Waals surface area contributed by atoms with E-state index in [0.717, 1.165) is 47.2 Å². The summed E-state index contributed by atoms with van der Waals surface area (Å²) in [5.41, 5.74) is 0.894. The second kappa shape index (κ2) is 5.15. The smallest absolute Gasteiger partial charge is 0.152 e. The molecule has 2 aromatic heterocycles. The highest BCUT2D eigenvalue weighted by Gasteiger charge is 2.32. The fraction of sp³-hybridized carbons (Fsp3) is 0.412. The number of nitrogens with zero attached hydrogens (tertiary/aromatic N) is 6. The Hall–Kier alpha value is -2.70. The van der Waals surface area contributed by atoms with Gasteiger partial charge in [0, 0.05) is 19.0 Å². The molecule has 0 unspecified atom stereocenters. The zero-order valence-corrected chi connectivity index (χ0v) is 13.5. The van der Waals surface area contributed by atoms with E-state index in [-0.39, 0.29) is 0 Å². The van der Waals surface area contributed by atoms with Crippen LogP contribution in [0.4, 0.5) is 5.82 Å². The molecular weight excluding hydrogens is 304 g/mol. The average molecular weight is 322 g/mol. The third-order valence-electron chi connectivity index (χ3n) is 4.85. The first-order valence-corrected chi connectivity index (χ1v) is 8.30. The molecule has 1 fully saturated rings. The Labute approximate surface area is 139 Å². The molecule has 0 N–H and O–H groups in total. The number of aromatic nitrogens is 5. The molecule has 0 saturated heterocycles. The fourth-order valence-electron chi connectivity index (χ4n) is 3.48. The van der Waals surface area contributed by atoms with Crippen molar-refractivity contribution in [2.75, 3.05) is 18.6 Å². The van der Waals surface area contributed by atoms with Gasteiger partial charge in [0.05, 0.1) is 24.6 Å². The van der Waals surface area contributed by atoms with Crippen molar-refractivity contribution in [2.24, 2.45) is 0 Å². The Balaban J connectivity index is 1.56. The minimum absolute atomic E-state index is 0.623. The molecule has 5 rings (SSSR count). The van der Waals surface area contributed by atoms with E-state index in [1.807, 2.05) is 18.2 Å². The maximum absolute atomic E-state index is 5.53. The Kier molecular flexibility index (Phi) is 2.95. The molecule has 1 aromatic carbocycles. The van der Waals surface area contributed by atoms with Gasteiger partial charge in [-0.25, -0.2) is 9.97 Å². The third-order valence-corrected chi connectivity index (χ3v) is 4.85. The monoisotopic (exact) mass is 322 g/mol. The standard InChI is InChI=1S/C17H18N6O/c1-24-13-4-2-3-12-15(13)17(19-10-18-12)22-7-8-23-14(9-22)20-21-16(23)11-5-6-11/h2-4,10-11H,5-9H2,1H3. The second-order valence-electron chi connectivity index (χ2n) is 6.37. The first-order valence-electron chi connectivity index (χ1n) is 8.30. The van der Waals surface area contributed by atoms with Crippen molar-refractivity contribution < 1.29 is 4.74 Å². The zero-order valence-electron chi connectivity index (χ0n) is 13.5. The SMILES string of the molecule is COc1cccc2ncnc(N3CCn4c(nnc4C4CC4)C3)c12. The van der Waals surface area contributed by atoms with Crippen LogP contribution in [0.5, 0.6) is 5.75 Å². The minimum atomic E-state index is 0.623. The van der Waals surface area contributed by atoms with Crippen molar-refractivity contribution in [2.45, 2.75) is 31.8 Å². The molecule has 0 spiro atoms. The molecule has 1 aliphatic carbocycles. The topological polar surface area (TPSA) is 69.0 Å². The second-order valence-corrected chi connectivity index (χ2v) is 6.37. The summed E-state index contributed by atoms with van der Waals surface area (Å²) in [5, 5.41) is 9.78. The highest BCUT2D eigenvalue weighted by molar-refractivity contribution is 5.94. The summed E-state index contributed by atoms with van der Waals surface area (Å²) in [5.74, 6) is 4.51. The first-order chi connectivity index (χ1) is 11.8. The summed E-state index contributed by atoms with van der Waals surface area (Å²) in [7, 11) is 1.68. The average Bonchev–Trinajstić information content (AvgIpc) is 3.39. The highest BCUT2D eigenvalue weighted by atomic mass is 16.5. The lowest BCUT2D eigenvalue weighted by molar-refractivity contribution is 0.419. The number of rotatable bonds is 3. The number of fused-ring (bicyclic) bond motifs is 2. The van der Waals surface area contributed by atoms with Gasteiger partial charge < -0.3 is 14.2 Å². The van der Waals surface area contributed by atoms with E-state index in [0.29, 0.717) is 12.5 Å². The molecule has 0 atom stereocenters. The zero-order chi connectivity index (χ0) is 16.1. The number of anilines is 1. The van der Waals surface area contributed by atoms with Crippen LogP contribution in [-0.4, -0.2) is 38.4 Å². The number of hydrogen-bond donors (Lipinski definition) is 0. The Morgan fingerprint density at radius 2 is 2.04 bits per heavy atom. The van der Waals surface area contributed by atoms with Crippen LogP contribution in [0.1, 0.15) is 30.4 Å². The number of hydrogen-bond acceptors (Lipinski definition) is 6. The molecular formula is C17H18N6O. The molecule has 7 heteroatoms. The Morgan fingerprint density at radius 3 is 2.88 bits per heavy atom. The lowest BCUT2D eigenvalue weighted by Crippen LogP contribution is -2.35. The van der Waals surface area contributed by atoms with E-state index in [9.17, 15) is 0 Å².